The fourth-order valence-electron chi connectivity index (χ4n) is 5.82. The summed E-state index contributed by atoms with van der Waals surface area (Å²) in [5.74, 6) is 5.13. The number of terminal acetylenes is 1. The van der Waals surface area contributed by atoms with Gasteiger partial charge in [-0.1, -0.05) is 18.9 Å². The molecule has 1 aromatic carbocycles. The summed E-state index contributed by atoms with van der Waals surface area (Å²) in [6, 6.07) is 6.41. The maximum atomic E-state index is 10.5. The number of ether oxygens (including phenoxy) is 1. The molecule has 132 valence electrons. The fraction of sp³-hybridized carbons (Fsp3) is 0.591. The van der Waals surface area contributed by atoms with E-state index in [4.69, 9.17) is 16.6 Å². The first-order valence-corrected chi connectivity index (χ1v) is 9.50. The van der Waals surface area contributed by atoms with Crippen molar-refractivity contribution in [2.75, 3.05) is 6.61 Å². The van der Waals surface area contributed by atoms with E-state index in [0.717, 1.165) is 25.0 Å². The molecule has 0 aliphatic heterocycles. The van der Waals surface area contributed by atoms with Crippen molar-refractivity contribution < 1.29 is 9.84 Å². The zero-order valence-corrected chi connectivity index (χ0v) is 14.9. The molecule has 0 saturated heterocycles. The first kappa shape index (κ1) is 16.7. The molecule has 0 bridgehead atoms. The van der Waals surface area contributed by atoms with Crippen LogP contribution in [-0.4, -0.2) is 23.5 Å². The summed E-state index contributed by atoms with van der Waals surface area (Å²) in [5, 5.41) is 18.0. The highest BCUT2D eigenvalue weighted by Crippen LogP contribution is 2.60. The van der Waals surface area contributed by atoms with Gasteiger partial charge in [0, 0.05) is 0 Å². The van der Waals surface area contributed by atoms with E-state index in [9.17, 15) is 5.11 Å². The smallest absolute Gasteiger partial charge is 0.137 e. The lowest BCUT2D eigenvalue weighted by Crippen LogP contribution is -2.43. The fourth-order valence-corrected chi connectivity index (χ4v) is 5.82. The molecule has 2 fully saturated rings. The van der Waals surface area contributed by atoms with E-state index in [0.29, 0.717) is 17.8 Å². The molecule has 0 spiro atoms. The van der Waals surface area contributed by atoms with Gasteiger partial charge in [0.15, 0.2) is 0 Å². The molecule has 3 aliphatic carbocycles. The second kappa shape index (κ2) is 6.18. The zero-order chi connectivity index (χ0) is 17.6. The number of benzene rings is 1. The standard InChI is InChI=1S/C22H27NO2/c1-3-15(23)13-25-16-5-7-17-14(12-16)4-6-19-18(17)10-11-22(2)20(19)8-9-21(22)24/h1,5,7,12,18-21,23-24H,4,6,8-11,13H2,2H3/t18-,19-,20+,21+,22+/m1/s1. The Kier molecular flexibility index (Phi) is 4.12. The van der Waals surface area contributed by atoms with Crippen LogP contribution in [0.2, 0.25) is 0 Å². The molecule has 0 amide bonds. The maximum Gasteiger partial charge on any atom is 0.137 e. The van der Waals surface area contributed by atoms with Crippen LogP contribution in [-0.2, 0) is 6.42 Å². The Hall–Kier alpha value is -1.79. The summed E-state index contributed by atoms with van der Waals surface area (Å²) in [6.45, 7) is 2.48. The largest absolute Gasteiger partial charge is 0.487 e. The van der Waals surface area contributed by atoms with Crippen molar-refractivity contribution in [1.82, 2.24) is 0 Å². The first-order valence-electron chi connectivity index (χ1n) is 9.50. The average molecular weight is 337 g/mol. The van der Waals surface area contributed by atoms with Crippen molar-refractivity contribution in [1.29, 1.82) is 5.41 Å². The summed E-state index contributed by atoms with van der Waals surface area (Å²) >= 11 is 0. The van der Waals surface area contributed by atoms with Crippen molar-refractivity contribution in [3.63, 3.8) is 0 Å². The third kappa shape index (κ3) is 2.68. The van der Waals surface area contributed by atoms with Crippen LogP contribution in [0.4, 0.5) is 0 Å². The van der Waals surface area contributed by atoms with Gasteiger partial charge in [-0.2, -0.15) is 0 Å². The molecule has 2 N–H and O–H groups in total. The number of rotatable bonds is 3. The monoisotopic (exact) mass is 337 g/mol. The lowest BCUT2D eigenvalue weighted by Gasteiger charge is -2.50. The summed E-state index contributed by atoms with van der Waals surface area (Å²) in [6.07, 6.45) is 11.9. The minimum Gasteiger partial charge on any atom is -0.487 e. The number of aryl methyl sites for hydroxylation is 1. The van der Waals surface area contributed by atoms with Crippen LogP contribution in [0.25, 0.3) is 0 Å². The average Bonchev–Trinajstić information content (AvgIpc) is 2.94. The van der Waals surface area contributed by atoms with Gasteiger partial charge in [0.25, 0.3) is 0 Å². The highest BCUT2D eigenvalue weighted by atomic mass is 16.5. The Morgan fingerprint density at radius 1 is 1.36 bits per heavy atom. The van der Waals surface area contributed by atoms with E-state index < -0.39 is 0 Å². The summed E-state index contributed by atoms with van der Waals surface area (Å²) in [7, 11) is 0. The highest BCUT2D eigenvalue weighted by Gasteiger charge is 2.54. The van der Waals surface area contributed by atoms with Gasteiger partial charge < -0.3 is 9.84 Å². The Bertz CT molecular complexity index is 734. The van der Waals surface area contributed by atoms with E-state index in [-0.39, 0.29) is 23.8 Å². The summed E-state index contributed by atoms with van der Waals surface area (Å²) in [5.41, 5.74) is 3.19. The molecule has 3 aliphatic rings. The van der Waals surface area contributed by atoms with Crippen LogP contribution in [0, 0.1) is 35.0 Å². The van der Waals surface area contributed by atoms with Gasteiger partial charge in [-0.15, -0.1) is 6.42 Å². The third-order valence-corrected chi connectivity index (χ3v) is 7.21. The number of nitrogens with one attached hydrogen (secondary N) is 1. The van der Waals surface area contributed by atoms with Crippen molar-refractivity contribution in [3.8, 4) is 18.1 Å². The quantitative estimate of drug-likeness (QED) is 0.648. The van der Waals surface area contributed by atoms with Crippen LogP contribution in [0.15, 0.2) is 18.2 Å². The van der Waals surface area contributed by atoms with Gasteiger partial charge in [0.1, 0.15) is 18.1 Å². The third-order valence-electron chi connectivity index (χ3n) is 7.21. The van der Waals surface area contributed by atoms with E-state index in [1.807, 2.05) is 6.07 Å². The highest BCUT2D eigenvalue weighted by molar-refractivity contribution is 5.98. The maximum absolute atomic E-state index is 10.5. The van der Waals surface area contributed by atoms with Gasteiger partial charge in [-0.3, -0.25) is 5.41 Å². The zero-order valence-electron chi connectivity index (χ0n) is 14.9. The van der Waals surface area contributed by atoms with Crippen molar-refractivity contribution in [2.24, 2.45) is 17.3 Å². The summed E-state index contributed by atoms with van der Waals surface area (Å²) < 4.78 is 5.66. The second-order valence-corrected chi connectivity index (χ2v) is 8.33. The molecule has 5 atom stereocenters. The number of hydrogen-bond donors (Lipinski definition) is 2. The van der Waals surface area contributed by atoms with E-state index >= 15 is 0 Å². The van der Waals surface area contributed by atoms with Gasteiger partial charge in [0.2, 0.25) is 0 Å². The van der Waals surface area contributed by atoms with Gasteiger partial charge in [-0.25, -0.2) is 0 Å². The van der Waals surface area contributed by atoms with Crippen molar-refractivity contribution in [3.05, 3.63) is 29.3 Å². The van der Waals surface area contributed by atoms with Crippen molar-refractivity contribution >= 4 is 5.71 Å². The van der Waals surface area contributed by atoms with E-state index in [2.05, 4.69) is 25.0 Å². The minimum absolute atomic E-state index is 0.109. The van der Waals surface area contributed by atoms with Crippen LogP contribution >= 0.6 is 0 Å². The van der Waals surface area contributed by atoms with Crippen LogP contribution in [0.1, 0.15) is 56.1 Å². The lowest BCUT2D eigenvalue weighted by atomic mass is 9.55. The minimum atomic E-state index is -0.109. The summed E-state index contributed by atoms with van der Waals surface area (Å²) in [4.78, 5) is 0. The van der Waals surface area contributed by atoms with Crippen LogP contribution in [0.5, 0.6) is 5.75 Å². The molecule has 0 heterocycles. The van der Waals surface area contributed by atoms with Crippen LogP contribution in [0.3, 0.4) is 0 Å². The van der Waals surface area contributed by atoms with E-state index in [1.165, 1.54) is 30.4 Å². The Morgan fingerprint density at radius 2 is 2.20 bits per heavy atom. The SMILES string of the molecule is C#CC(=N)COc1ccc2c(c1)CC[C@@H]1[C@@H]2CC[C@]2(C)[C@@H](O)CC[C@@H]12. The lowest BCUT2D eigenvalue weighted by molar-refractivity contribution is -0.0226. The molecule has 1 aromatic rings. The number of hydrogen-bond acceptors (Lipinski definition) is 3. The topological polar surface area (TPSA) is 53.3 Å². The first-order chi connectivity index (χ1) is 12.0. The van der Waals surface area contributed by atoms with Crippen LogP contribution < -0.4 is 4.74 Å². The molecule has 3 nitrogen and oxygen atoms in total. The van der Waals surface area contributed by atoms with Crippen molar-refractivity contribution in [2.45, 2.75) is 57.5 Å². The molecule has 4 rings (SSSR count). The molecular formula is C22H27NO2. The molecule has 0 radical (unpaired) electrons. The van der Waals surface area contributed by atoms with Gasteiger partial charge in [-0.05, 0) is 85.0 Å². The molecule has 0 unspecified atom stereocenters. The molecular weight excluding hydrogens is 310 g/mol. The van der Waals surface area contributed by atoms with Gasteiger partial charge in [0.05, 0.1) is 6.10 Å². The number of aliphatic hydroxyl groups excluding tert-OH is 1. The Morgan fingerprint density at radius 3 is 3.00 bits per heavy atom. The Balaban J connectivity index is 1.55. The van der Waals surface area contributed by atoms with E-state index in [1.54, 1.807) is 0 Å². The predicted octanol–water partition coefficient (Wildman–Crippen LogP) is 3.94. The number of fused-ring (bicyclic) bond motifs is 5. The Labute approximate surface area is 150 Å². The number of aliphatic hydroxyl groups is 1. The normalized spacial score (nSPS) is 35.9. The second-order valence-electron chi connectivity index (χ2n) is 8.33. The molecule has 25 heavy (non-hydrogen) atoms. The molecule has 2 saturated carbocycles. The van der Waals surface area contributed by atoms with Gasteiger partial charge >= 0.3 is 0 Å². The molecule has 3 heteroatoms. The predicted molar refractivity (Wildman–Crippen MR) is 99.1 cm³/mol. The molecule has 0 aromatic heterocycles.